The Morgan fingerprint density at radius 2 is 1.76 bits per heavy atom. The molecule has 0 atom stereocenters. The topological polar surface area (TPSA) is 150 Å². The zero-order chi connectivity index (χ0) is 34.0. The van der Waals surface area contributed by atoms with E-state index in [0.29, 0.717) is 55.0 Å². The van der Waals surface area contributed by atoms with Gasteiger partial charge in [-0.1, -0.05) is 6.07 Å². The van der Waals surface area contributed by atoms with E-state index in [2.05, 4.69) is 49.7 Å². The van der Waals surface area contributed by atoms with E-state index >= 15 is 0 Å². The number of nitrogens with zero attached hydrogens (tertiary/aromatic N) is 8. The average Bonchev–Trinajstić information content (AvgIpc) is 3.86. The fraction of sp³-hybridized carbons (Fsp3) is 0.529. The van der Waals surface area contributed by atoms with Crippen LogP contribution in [0.5, 0.6) is 0 Å². The SMILES string of the molecule is CN1CCN(Cc2ccc(C3=C(NC4CCC(NCCF)CC4)C=C(N)N(c4ccnc(-c5cnn(S(=O)(=O)C6CC6)c5)n4)C3)nc2)CC1. The fourth-order valence-corrected chi connectivity index (χ4v) is 8.28. The van der Waals surface area contributed by atoms with Crippen molar-refractivity contribution in [2.45, 2.75) is 62.4 Å². The van der Waals surface area contributed by atoms with Gasteiger partial charge in [-0.3, -0.25) is 9.88 Å². The van der Waals surface area contributed by atoms with Gasteiger partial charge in [0.2, 0.25) is 0 Å². The van der Waals surface area contributed by atoms with Crippen molar-refractivity contribution in [2.24, 2.45) is 5.73 Å². The van der Waals surface area contributed by atoms with Crippen molar-refractivity contribution in [3.05, 3.63) is 71.8 Å². The summed E-state index contributed by atoms with van der Waals surface area (Å²) in [6, 6.07) is 6.65. The van der Waals surface area contributed by atoms with Crippen LogP contribution >= 0.6 is 0 Å². The van der Waals surface area contributed by atoms with E-state index in [4.69, 9.17) is 15.7 Å². The number of allylic oxidation sites excluding steroid dienone is 1. The predicted molar refractivity (Wildman–Crippen MR) is 187 cm³/mol. The van der Waals surface area contributed by atoms with E-state index < -0.39 is 10.0 Å². The molecule has 2 aliphatic carbocycles. The van der Waals surface area contributed by atoms with Gasteiger partial charge < -0.3 is 26.2 Å². The second-order valence-corrected chi connectivity index (χ2v) is 15.7. The minimum absolute atomic E-state index is 0.259. The summed E-state index contributed by atoms with van der Waals surface area (Å²) in [5, 5.41) is 10.8. The standard InChI is InChI=1S/C34H46FN11O2S/c1-43-14-16-44(17-15-43)21-24-2-9-30(39-19-24)29-23-45(32(36)18-31(29)41-27-5-3-26(4-6-27)37-13-11-35)33-10-12-38-34(42-33)25-20-40-46(22-25)49(47,48)28-7-8-28/h2,9-10,12,18-20,22,26-28,37,41H,3-8,11,13-17,21,23,36H2,1H3. The van der Waals surface area contributed by atoms with Gasteiger partial charge in [-0.2, -0.15) is 9.19 Å². The molecule has 4 aliphatic rings. The Labute approximate surface area is 287 Å². The predicted octanol–water partition coefficient (Wildman–Crippen LogP) is 2.31. The summed E-state index contributed by atoms with van der Waals surface area (Å²) in [6.07, 6.45) is 13.7. The Morgan fingerprint density at radius 3 is 2.47 bits per heavy atom. The number of hydrogen-bond acceptors (Lipinski definition) is 12. The Bertz CT molecular complexity index is 1770. The Morgan fingerprint density at radius 1 is 0.980 bits per heavy atom. The van der Waals surface area contributed by atoms with Gasteiger partial charge in [-0.15, -0.1) is 0 Å². The van der Waals surface area contributed by atoms with Gasteiger partial charge in [-0.25, -0.2) is 22.8 Å². The van der Waals surface area contributed by atoms with Crippen LogP contribution in [0, 0.1) is 0 Å². The van der Waals surface area contributed by atoms with E-state index in [1.807, 2.05) is 17.2 Å². The van der Waals surface area contributed by atoms with E-state index in [1.165, 1.54) is 18.0 Å². The zero-order valence-corrected chi connectivity index (χ0v) is 28.8. The molecular formula is C34H46FN11O2S. The van der Waals surface area contributed by atoms with Gasteiger partial charge in [0, 0.05) is 81.1 Å². The molecule has 2 saturated carbocycles. The lowest BCUT2D eigenvalue weighted by molar-refractivity contribution is 0.148. The van der Waals surface area contributed by atoms with Crippen molar-refractivity contribution in [1.82, 2.24) is 44.6 Å². The monoisotopic (exact) mass is 691 g/mol. The number of alkyl halides is 1. The summed E-state index contributed by atoms with van der Waals surface area (Å²) in [4.78, 5) is 20.9. The lowest BCUT2D eigenvalue weighted by atomic mass is 9.90. The van der Waals surface area contributed by atoms with Crippen LogP contribution in [0.4, 0.5) is 10.2 Å². The average molecular weight is 692 g/mol. The first-order valence-corrected chi connectivity index (χ1v) is 18.8. The van der Waals surface area contributed by atoms with Gasteiger partial charge in [0.1, 0.15) is 18.3 Å². The number of anilines is 1. The molecule has 2 aliphatic heterocycles. The smallest absolute Gasteiger partial charge is 0.256 e. The van der Waals surface area contributed by atoms with Crippen LogP contribution in [0.15, 0.2) is 60.6 Å². The molecule has 5 heterocycles. The molecule has 0 amide bonds. The Kier molecular flexibility index (Phi) is 9.94. The third-order valence-electron chi connectivity index (χ3n) is 9.94. The third kappa shape index (κ3) is 7.79. The van der Waals surface area contributed by atoms with Gasteiger partial charge in [-0.05, 0) is 63.3 Å². The minimum Gasteiger partial charge on any atom is -0.385 e. The molecule has 3 aromatic heterocycles. The van der Waals surface area contributed by atoms with Crippen molar-refractivity contribution in [2.75, 3.05) is 57.9 Å². The Hall–Kier alpha value is -3.92. The highest BCUT2D eigenvalue weighted by Crippen LogP contribution is 2.32. The number of rotatable bonds is 12. The lowest BCUT2D eigenvalue weighted by Gasteiger charge is -2.34. The first-order chi connectivity index (χ1) is 23.8. The van der Waals surface area contributed by atoms with Gasteiger partial charge in [0.25, 0.3) is 10.0 Å². The van der Waals surface area contributed by atoms with Crippen LogP contribution in [0.2, 0.25) is 0 Å². The summed E-state index contributed by atoms with van der Waals surface area (Å²) in [7, 11) is -1.34. The molecule has 7 rings (SSSR count). The lowest BCUT2D eigenvalue weighted by Crippen LogP contribution is -2.43. The highest BCUT2D eigenvalue weighted by Gasteiger charge is 2.38. The van der Waals surface area contributed by atoms with Crippen LogP contribution in [0.3, 0.4) is 0 Å². The first-order valence-electron chi connectivity index (χ1n) is 17.3. The quantitative estimate of drug-likeness (QED) is 0.256. The number of nitrogens with two attached hydrogens (primary N) is 1. The highest BCUT2D eigenvalue weighted by atomic mass is 32.2. The van der Waals surface area contributed by atoms with Gasteiger partial charge in [0.05, 0.1) is 35.4 Å². The summed E-state index contributed by atoms with van der Waals surface area (Å²) in [5.41, 5.74) is 11.2. The number of nitrogens with one attached hydrogen (secondary N) is 2. The number of likely N-dealkylation sites (N-methyl/N-ethyl adjacent to an activating group) is 1. The molecule has 0 bridgehead atoms. The van der Waals surface area contributed by atoms with Crippen molar-refractivity contribution < 1.29 is 12.8 Å². The largest absolute Gasteiger partial charge is 0.385 e. The van der Waals surface area contributed by atoms with Crippen LogP contribution in [-0.4, -0.2) is 113 Å². The molecule has 3 fully saturated rings. The maximum Gasteiger partial charge on any atom is 0.256 e. The molecule has 0 aromatic carbocycles. The molecule has 13 nitrogen and oxygen atoms in total. The molecular weight excluding hydrogens is 646 g/mol. The molecule has 15 heteroatoms. The van der Waals surface area contributed by atoms with Crippen molar-refractivity contribution in [3.8, 4) is 11.4 Å². The number of hydrogen-bond donors (Lipinski definition) is 3. The molecule has 262 valence electrons. The van der Waals surface area contributed by atoms with Crippen LogP contribution < -0.4 is 21.3 Å². The van der Waals surface area contributed by atoms with Gasteiger partial charge >= 0.3 is 0 Å². The maximum atomic E-state index is 12.7. The number of piperazine rings is 1. The molecule has 0 radical (unpaired) electrons. The van der Waals surface area contributed by atoms with E-state index in [1.54, 1.807) is 12.3 Å². The molecule has 3 aromatic rings. The Balaban J connectivity index is 1.13. The van der Waals surface area contributed by atoms with Crippen LogP contribution in [-0.2, 0) is 16.6 Å². The zero-order valence-electron chi connectivity index (χ0n) is 28.0. The van der Waals surface area contributed by atoms with E-state index in [0.717, 1.165) is 79.5 Å². The van der Waals surface area contributed by atoms with Crippen molar-refractivity contribution in [3.63, 3.8) is 0 Å². The normalized spacial score (nSPS) is 22.7. The summed E-state index contributed by atoms with van der Waals surface area (Å²) >= 11 is 0. The summed E-state index contributed by atoms with van der Waals surface area (Å²) in [6.45, 7) is 5.56. The second kappa shape index (κ2) is 14.5. The van der Waals surface area contributed by atoms with Crippen LogP contribution in [0.25, 0.3) is 17.0 Å². The number of halogens is 1. The highest BCUT2D eigenvalue weighted by molar-refractivity contribution is 7.90. The summed E-state index contributed by atoms with van der Waals surface area (Å²) in [5.74, 6) is 1.47. The number of pyridine rings is 1. The van der Waals surface area contributed by atoms with E-state index in [9.17, 15) is 12.8 Å². The van der Waals surface area contributed by atoms with Crippen molar-refractivity contribution in [1.29, 1.82) is 0 Å². The van der Waals surface area contributed by atoms with Crippen LogP contribution in [0.1, 0.15) is 49.8 Å². The summed E-state index contributed by atoms with van der Waals surface area (Å²) < 4.78 is 39.2. The number of aromatic nitrogens is 5. The van der Waals surface area contributed by atoms with E-state index in [-0.39, 0.29) is 18.0 Å². The molecule has 1 saturated heterocycles. The van der Waals surface area contributed by atoms with Crippen molar-refractivity contribution >= 4 is 21.4 Å². The minimum atomic E-state index is -3.50. The second-order valence-electron chi connectivity index (χ2n) is 13.6. The van der Waals surface area contributed by atoms with Gasteiger partial charge in [0.15, 0.2) is 5.82 Å². The fourth-order valence-electron chi connectivity index (χ4n) is 6.81. The molecule has 0 unspecified atom stereocenters. The third-order valence-corrected chi connectivity index (χ3v) is 12.0. The molecule has 49 heavy (non-hydrogen) atoms. The molecule has 0 spiro atoms. The maximum absolute atomic E-state index is 12.7. The first kappa shape index (κ1) is 33.6. The molecule has 4 N–H and O–H groups in total.